The van der Waals surface area contributed by atoms with Crippen LogP contribution in [0.4, 0.5) is 0 Å². The molecule has 1 heterocycles. The maximum atomic E-state index is 10.6. The SMILES string of the molecule is CNC1CC(O)[C@@H](COP(=O)(O)O)O[C@@](O)(CO)C1O. The fourth-order valence-corrected chi connectivity index (χ4v) is 2.33. The van der Waals surface area contributed by atoms with Gasteiger partial charge in [-0.1, -0.05) is 0 Å². The number of aliphatic hydroxyl groups is 4. The zero-order valence-electron chi connectivity index (χ0n) is 10.8. The Morgan fingerprint density at radius 2 is 2.05 bits per heavy atom. The third-order valence-electron chi connectivity index (χ3n) is 3.13. The van der Waals surface area contributed by atoms with E-state index in [1.165, 1.54) is 7.05 Å². The topological polar surface area (TPSA) is 169 Å². The zero-order chi connectivity index (χ0) is 15.6. The van der Waals surface area contributed by atoms with E-state index >= 15 is 0 Å². The fourth-order valence-electron chi connectivity index (χ4n) is 1.99. The average Bonchev–Trinajstić information content (AvgIpc) is 2.46. The van der Waals surface area contributed by atoms with Gasteiger partial charge in [-0.3, -0.25) is 4.52 Å². The summed E-state index contributed by atoms with van der Waals surface area (Å²) in [6, 6.07) is -0.790. The smallest absolute Gasteiger partial charge is 0.391 e. The van der Waals surface area contributed by atoms with Crippen molar-refractivity contribution >= 4 is 7.82 Å². The van der Waals surface area contributed by atoms with Gasteiger partial charge in [0.25, 0.3) is 0 Å². The van der Waals surface area contributed by atoms with Crippen LogP contribution in [0.25, 0.3) is 0 Å². The quantitative estimate of drug-likeness (QED) is 0.257. The molecule has 0 aromatic heterocycles. The summed E-state index contributed by atoms with van der Waals surface area (Å²) in [7, 11) is -3.30. The normalized spacial score (nSPS) is 39.5. The molecule has 3 unspecified atom stereocenters. The Kier molecular flexibility index (Phi) is 6.05. The molecule has 7 N–H and O–H groups in total. The first kappa shape index (κ1) is 17.9. The number of likely N-dealkylation sites (N-methyl/N-ethyl adjacent to an activating group) is 1. The van der Waals surface area contributed by atoms with Crippen LogP contribution in [0.1, 0.15) is 6.42 Å². The van der Waals surface area contributed by atoms with Crippen LogP contribution in [0.5, 0.6) is 0 Å². The summed E-state index contributed by atoms with van der Waals surface area (Å²) >= 11 is 0. The zero-order valence-corrected chi connectivity index (χ0v) is 11.7. The first-order valence-corrected chi connectivity index (χ1v) is 7.40. The third-order valence-corrected chi connectivity index (χ3v) is 3.61. The molecule has 0 aromatic carbocycles. The molecule has 0 radical (unpaired) electrons. The van der Waals surface area contributed by atoms with E-state index in [-0.39, 0.29) is 6.42 Å². The van der Waals surface area contributed by atoms with Crippen molar-refractivity contribution in [3.63, 3.8) is 0 Å². The minimum atomic E-state index is -4.77. The van der Waals surface area contributed by atoms with E-state index in [1.54, 1.807) is 0 Å². The van der Waals surface area contributed by atoms with Gasteiger partial charge in [0.15, 0.2) is 0 Å². The Morgan fingerprint density at radius 3 is 2.50 bits per heavy atom. The molecule has 0 aliphatic carbocycles. The number of phosphoric acid groups is 1. The molecule has 120 valence electrons. The molecule has 0 saturated carbocycles. The van der Waals surface area contributed by atoms with Crippen LogP contribution in [-0.4, -0.2) is 80.6 Å². The summed E-state index contributed by atoms with van der Waals surface area (Å²) in [5, 5.41) is 41.6. The Bertz CT molecular complexity index is 363. The van der Waals surface area contributed by atoms with E-state index in [0.29, 0.717) is 0 Å². The Morgan fingerprint density at radius 1 is 1.45 bits per heavy atom. The van der Waals surface area contributed by atoms with Crippen LogP contribution in [-0.2, 0) is 13.8 Å². The molecule has 0 bridgehead atoms. The van der Waals surface area contributed by atoms with Crippen LogP contribution < -0.4 is 5.32 Å². The molecule has 0 aromatic rings. The first-order valence-electron chi connectivity index (χ1n) is 5.87. The monoisotopic (exact) mass is 317 g/mol. The van der Waals surface area contributed by atoms with Gasteiger partial charge in [0.05, 0.1) is 19.3 Å². The van der Waals surface area contributed by atoms with Gasteiger partial charge in [-0.05, 0) is 13.5 Å². The van der Waals surface area contributed by atoms with Crippen LogP contribution in [0.15, 0.2) is 0 Å². The van der Waals surface area contributed by atoms with E-state index in [0.717, 1.165) is 0 Å². The second-order valence-electron chi connectivity index (χ2n) is 4.59. The van der Waals surface area contributed by atoms with Crippen LogP contribution in [0.2, 0.25) is 0 Å². The summed E-state index contributed by atoms with van der Waals surface area (Å²) in [5.74, 6) is -2.38. The number of nitrogens with one attached hydrogen (secondary N) is 1. The highest BCUT2D eigenvalue weighted by atomic mass is 31.2. The predicted molar refractivity (Wildman–Crippen MR) is 64.4 cm³/mol. The molecule has 5 atom stereocenters. The number of aliphatic hydroxyl groups excluding tert-OH is 3. The van der Waals surface area contributed by atoms with Gasteiger partial charge < -0.3 is 40.3 Å². The summed E-state index contributed by atoms with van der Waals surface area (Å²) in [5.41, 5.74) is 0. The number of phosphoric ester groups is 1. The summed E-state index contributed by atoms with van der Waals surface area (Å²) < 4.78 is 19.9. The molecule has 1 saturated heterocycles. The Labute approximate surface area is 115 Å². The third kappa shape index (κ3) is 4.43. The lowest BCUT2D eigenvalue weighted by molar-refractivity contribution is -0.297. The highest BCUT2D eigenvalue weighted by Crippen LogP contribution is 2.37. The van der Waals surface area contributed by atoms with Gasteiger partial charge in [-0.25, -0.2) is 4.57 Å². The molecule has 11 heteroatoms. The van der Waals surface area contributed by atoms with Crippen molar-refractivity contribution in [3.8, 4) is 0 Å². The van der Waals surface area contributed by atoms with Crippen molar-refractivity contribution in [2.75, 3.05) is 20.3 Å². The van der Waals surface area contributed by atoms with Gasteiger partial charge in [-0.15, -0.1) is 0 Å². The largest absolute Gasteiger partial charge is 0.469 e. The van der Waals surface area contributed by atoms with Crippen molar-refractivity contribution in [3.05, 3.63) is 0 Å². The molecular formula is C9H20NO9P. The molecule has 1 aliphatic heterocycles. The van der Waals surface area contributed by atoms with Crippen molar-refractivity contribution in [2.45, 2.75) is 36.6 Å². The minimum absolute atomic E-state index is 0.0742. The van der Waals surface area contributed by atoms with Gasteiger partial charge in [-0.2, -0.15) is 0 Å². The van der Waals surface area contributed by atoms with E-state index < -0.39 is 51.2 Å². The van der Waals surface area contributed by atoms with E-state index in [4.69, 9.17) is 19.6 Å². The summed E-state index contributed by atoms with van der Waals surface area (Å²) in [4.78, 5) is 17.2. The number of rotatable bonds is 5. The second-order valence-corrected chi connectivity index (χ2v) is 5.83. The van der Waals surface area contributed by atoms with Gasteiger partial charge in [0, 0.05) is 6.04 Å². The first-order chi connectivity index (χ1) is 9.13. The van der Waals surface area contributed by atoms with Gasteiger partial charge in [0.2, 0.25) is 5.79 Å². The Hall–Kier alpha value is -0.130. The highest BCUT2D eigenvalue weighted by molar-refractivity contribution is 7.46. The van der Waals surface area contributed by atoms with E-state index in [9.17, 15) is 19.9 Å². The van der Waals surface area contributed by atoms with Gasteiger partial charge in [0.1, 0.15) is 12.2 Å². The maximum Gasteiger partial charge on any atom is 0.469 e. The molecule has 1 aliphatic rings. The maximum absolute atomic E-state index is 10.6. The van der Waals surface area contributed by atoms with Gasteiger partial charge >= 0.3 is 7.82 Å². The molecule has 0 amide bonds. The molecule has 10 nitrogen and oxygen atoms in total. The molecule has 20 heavy (non-hydrogen) atoms. The van der Waals surface area contributed by atoms with Crippen molar-refractivity contribution in [2.24, 2.45) is 0 Å². The van der Waals surface area contributed by atoms with Crippen molar-refractivity contribution in [1.82, 2.24) is 5.32 Å². The number of ether oxygens (including phenoxy) is 1. The highest BCUT2D eigenvalue weighted by Gasteiger charge is 2.48. The minimum Gasteiger partial charge on any atom is -0.391 e. The van der Waals surface area contributed by atoms with Crippen molar-refractivity contribution in [1.29, 1.82) is 0 Å². The Balaban J connectivity index is 2.88. The van der Waals surface area contributed by atoms with Crippen LogP contribution >= 0.6 is 7.82 Å². The standard InChI is InChI=1S/C9H20NO9P/c1-10-5-2-6(12)7(3-18-20(15,16)17)19-9(14,4-11)8(5)13/h5-8,10-14H,2-4H2,1H3,(H2,15,16,17)/t5?,6?,7-,8?,9+/m1/s1. The average molecular weight is 317 g/mol. The summed E-state index contributed by atoms with van der Waals surface area (Å²) in [6.45, 7) is -1.68. The fraction of sp³-hybridized carbons (Fsp3) is 1.00. The van der Waals surface area contributed by atoms with Crippen LogP contribution in [0.3, 0.4) is 0 Å². The molecule has 1 rings (SSSR count). The van der Waals surface area contributed by atoms with Crippen LogP contribution in [0, 0.1) is 0 Å². The lowest BCUT2D eigenvalue weighted by Gasteiger charge is -2.34. The lowest BCUT2D eigenvalue weighted by Crippen LogP contribution is -2.56. The molecular weight excluding hydrogens is 297 g/mol. The molecule has 1 fully saturated rings. The second kappa shape index (κ2) is 6.75. The lowest BCUT2D eigenvalue weighted by atomic mass is 9.98. The number of hydrogen-bond acceptors (Lipinski definition) is 8. The van der Waals surface area contributed by atoms with E-state index in [2.05, 4.69) is 9.84 Å². The summed E-state index contributed by atoms with van der Waals surface area (Å²) in [6.07, 6.45) is -4.22. The van der Waals surface area contributed by atoms with Crippen molar-refractivity contribution < 1.29 is 44.0 Å². The van der Waals surface area contributed by atoms with E-state index in [1.807, 2.05) is 0 Å². The predicted octanol–water partition coefficient (Wildman–Crippen LogP) is -3.12. The molecule has 0 spiro atoms. The number of hydrogen-bond donors (Lipinski definition) is 7.